The van der Waals surface area contributed by atoms with Crippen LogP contribution >= 0.6 is 11.6 Å². The summed E-state index contributed by atoms with van der Waals surface area (Å²) in [5.41, 5.74) is 2.90. The van der Waals surface area contributed by atoms with Gasteiger partial charge in [-0.3, -0.25) is 4.79 Å². The Hall–Kier alpha value is -2.84. The highest BCUT2D eigenvalue weighted by Crippen LogP contribution is 2.33. The molecule has 35 heavy (non-hydrogen) atoms. The van der Waals surface area contributed by atoms with Crippen LogP contribution in [-0.4, -0.2) is 53.1 Å². The summed E-state index contributed by atoms with van der Waals surface area (Å²) in [6.45, 7) is 7.63. The lowest BCUT2D eigenvalue weighted by molar-refractivity contribution is -0.121. The van der Waals surface area contributed by atoms with E-state index < -0.39 is 0 Å². The summed E-state index contributed by atoms with van der Waals surface area (Å²) in [6, 6.07) is 6.33. The Labute approximate surface area is 211 Å². The number of aromatic nitrogens is 3. The van der Waals surface area contributed by atoms with Gasteiger partial charge in [0.25, 0.3) is 0 Å². The molecule has 1 saturated carbocycles. The number of fused-ring (bicyclic) bond motifs is 1. The van der Waals surface area contributed by atoms with Gasteiger partial charge in [-0.15, -0.1) is 0 Å². The molecule has 0 aliphatic heterocycles. The molecule has 1 aliphatic carbocycles. The number of anilines is 1. The van der Waals surface area contributed by atoms with Gasteiger partial charge in [-0.05, 0) is 54.9 Å². The van der Waals surface area contributed by atoms with E-state index in [0.717, 1.165) is 60.2 Å². The van der Waals surface area contributed by atoms with Crippen LogP contribution in [0.4, 0.5) is 5.82 Å². The minimum atomic E-state index is 0.0664. The first-order chi connectivity index (χ1) is 16.7. The number of nitrogens with one attached hydrogen (secondary N) is 4. The van der Waals surface area contributed by atoms with E-state index in [0.29, 0.717) is 17.4 Å². The lowest BCUT2D eigenvalue weighted by atomic mass is 9.91. The maximum atomic E-state index is 12.3. The minimum absolute atomic E-state index is 0.0664. The van der Waals surface area contributed by atoms with Crippen LogP contribution in [0.1, 0.15) is 46.5 Å². The number of carbonyl (C=O) groups excluding carboxylic acids is 1. The lowest BCUT2D eigenvalue weighted by Gasteiger charge is -2.30. The van der Waals surface area contributed by atoms with Gasteiger partial charge in [0.15, 0.2) is 0 Å². The van der Waals surface area contributed by atoms with Crippen LogP contribution in [0, 0.1) is 5.41 Å². The number of H-pyrrole nitrogens is 1. The predicted octanol–water partition coefficient (Wildman–Crippen LogP) is 4.76. The van der Waals surface area contributed by atoms with Crippen molar-refractivity contribution in [3.05, 3.63) is 35.7 Å². The summed E-state index contributed by atoms with van der Waals surface area (Å²) in [5, 5.41) is 11.3. The van der Waals surface area contributed by atoms with Crippen molar-refractivity contribution < 1.29 is 9.53 Å². The highest BCUT2D eigenvalue weighted by atomic mass is 35.5. The molecule has 3 aromatic heterocycles. The number of rotatable bonds is 8. The molecule has 1 fully saturated rings. The third kappa shape index (κ3) is 6.86. The van der Waals surface area contributed by atoms with E-state index >= 15 is 0 Å². The second kappa shape index (κ2) is 10.8. The fourth-order valence-electron chi connectivity index (χ4n) is 4.48. The Morgan fingerprint density at radius 1 is 1.17 bits per heavy atom. The average molecular weight is 499 g/mol. The number of carbonyl (C=O) groups is 1. The van der Waals surface area contributed by atoms with Crippen LogP contribution in [0.5, 0.6) is 5.75 Å². The van der Waals surface area contributed by atoms with Crippen LogP contribution < -0.4 is 20.7 Å². The Morgan fingerprint density at radius 2 is 1.91 bits per heavy atom. The third-order valence-electron chi connectivity index (χ3n) is 6.23. The van der Waals surface area contributed by atoms with E-state index in [1.807, 2.05) is 24.4 Å². The van der Waals surface area contributed by atoms with Crippen molar-refractivity contribution in [2.24, 2.45) is 5.41 Å². The molecule has 188 valence electrons. The van der Waals surface area contributed by atoms with Gasteiger partial charge < -0.3 is 25.7 Å². The molecule has 0 radical (unpaired) electrons. The molecule has 0 aromatic carbocycles. The number of pyridine rings is 2. The summed E-state index contributed by atoms with van der Waals surface area (Å²) in [4.78, 5) is 24.4. The van der Waals surface area contributed by atoms with Gasteiger partial charge in [0, 0.05) is 35.8 Å². The van der Waals surface area contributed by atoms with Gasteiger partial charge in [0.1, 0.15) is 22.4 Å². The summed E-state index contributed by atoms with van der Waals surface area (Å²) in [6.07, 6.45) is 7.40. The number of hydrogen-bond acceptors (Lipinski definition) is 6. The first kappa shape index (κ1) is 25.3. The predicted molar refractivity (Wildman–Crippen MR) is 141 cm³/mol. The molecule has 1 aliphatic rings. The van der Waals surface area contributed by atoms with Crippen molar-refractivity contribution in [1.82, 2.24) is 25.6 Å². The first-order valence-electron chi connectivity index (χ1n) is 12.2. The zero-order chi connectivity index (χ0) is 25.0. The zero-order valence-corrected chi connectivity index (χ0v) is 21.6. The lowest BCUT2D eigenvalue weighted by Crippen LogP contribution is -2.44. The van der Waals surface area contributed by atoms with Crippen molar-refractivity contribution in [2.45, 2.75) is 58.5 Å². The average Bonchev–Trinajstić information content (AvgIpc) is 3.22. The van der Waals surface area contributed by atoms with Crippen LogP contribution in [-0.2, 0) is 4.79 Å². The molecular formula is C26H35ClN6O2. The molecule has 0 atom stereocenters. The molecule has 9 heteroatoms. The maximum Gasteiger partial charge on any atom is 0.234 e. The van der Waals surface area contributed by atoms with Crippen molar-refractivity contribution in [3.63, 3.8) is 0 Å². The zero-order valence-electron chi connectivity index (χ0n) is 20.9. The number of amides is 1. The third-order valence-corrected chi connectivity index (χ3v) is 6.43. The largest absolute Gasteiger partial charge is 0.495 e. The number of aromatic amines is 1. The van der Waals surface area contributed by atoms with Gasteiger partial charge in [0.2, 0.25) is 5.91 Å². The van der Waals surface area contributed by atoms with Crippen molar-refractivity contribution in [2.75, 3.05) is 25.5 Å². The second-order valence-electron chi connectivity index (χ2n) is 10.5. The Kier molecular flexibility index (Phi) is 7.82. The van der Waals surface area contributed by atoms with E-state index in [4.69, 9.17) is 16.3 Å². The molecular weight excluding hydrogens is 464 g/mol. The van der Waals surface area contributed by atoms with Crippen LogP contribution in [0.15, 0.2) is 30.6 Å². The topological polar surface area (TPSA) is 104 Å². The Bertz CT molecular complexity index is 1160. The van der Waals surface area contributed by atoms with Gasteiger partial charge in [-0.25, -0.2) is 9.97 Å². The van der Waals surface area contributed by atoms with Gasteiger partial charge in [0.05, 0.1) is 19.9 Å². The van der Waals surface area contributed by atoms with Gasteiger partial charge >= 0.3 is 0 Å². The van der Waals surface area contributed by atoms with Crippen LogP contribution in [0.25, 0.3) is 22.2 Å². The molecule has 1 amide bonds. The highest BCUT2D eigenvalue weighted by Gasteiger charge is 2.23. The van der Waals surface area contributed by atoms with Crippen molar-refractivity contribution in [3.8, 4) is 16.9 Å². The Balaban J connectivity index is 1.34. The van der Waals surface area contributed by atoms with E-state index in [9.17, 15) is 4.79 Å². The van der Waals surface area contributed by atoms with Crippen LogP contribution in [0.3, 0.4) is 0 Å². The number of methoxy groups -OCH3 is 1. The molecule has 3 aromatic rings. The fraction of sp³-hybridized carbons (Fsp3) is 0.500. The van der Waals surface area contributed by atoms with Crippen LogP contribution in [0.2, 0.25) is 5.15 Å². The second-order valence-corrected chi connectivity index (χ2v) is 10.8. The quantitative estimate of drug-likeness (QED) is 0.334. The fourth-order valence-corrected chi connectivity index (χ4v) is 4.69. The number of ether oxygens (including phenoxy) is 1. The van der Waals surface area contributed by atoms with Crippen molar-refractivity contribution in [1.29, 1.82) is 0 Å². The molecule has 4 N–H and O–H groups in total. The summed E-state index contributed by atoms with van der Waals surface area (Å²) in [7, 11) is 1.63. The number of nitrogens with zero attached hydrogens (tertiary/aromatic N) is 2. The monoisotopic (exact) mass is 498 g/mol. The van der Waals surface area contributed by atoms with Gasteiger partial charge in [-0.2, -0.15) is 0 Å². The molecule has 4 rings (SSSR count). The van der Waals surface area contributed by atoms with Gasteiger partial charge in [-0.1, -0.05) is 32.4 Å². The van der Waals surface area contributed by atoms with E-state index in [1.54, 1.807) is 13.3 Å². The molecule has 3 heterocycles. The molecule has 8 nitrogen and oxygen atoms in total. The number of halogens is 1. The summed E-state index contributed by atoms with van der Waals surface area (Å²) >= 11 is 6.39. The van der Waals surface area contributed by atoms with E-state index in [2.05, 4.69) is 51.7 Å². The minimum Gasteiger partial charge on any atom is -0.495 e. The molecule has 0 spiro atoms. The molecule has 0 unspecified atom stereocenters. The normalized spacial score (nSPS) is 18.4. The SMILES string of the molecule is COc1cnc2[nH]cc(-c3cc(Cl)nc(N[C@H]4CC[C@H](NC(=O)CNCC(C)(C)C)CC4)c3)c2c1. The van der Waals surface area contributed by atoms with E-state index in [-0.39, 0.29) is 23.4 Å². The Morgan fingerprint density at radius 3 is 2.63 bits per heavy atom. The maximum absolute atomic E-state index is 12.3. The molecule has 0 bridgehead atoms. The smallest absolute Gasteiger partial charge is 0.234 e. The summed E-state index contributed by atoms with van der Waals surface area (Å²) in [5.74, 6) is 1.51. The first-order valence-corrected chi connectivity index (χ1v) is 12.5. The standard InChI is InChI=1S/C26H35ClN6O2/c1-26(2,3)15-28-14-24(34)32-18-7-5-17(6-8-18)31-23-10-16(9-22(27)33-23)21-13-30-25-20(21)11-19(35-4)12-29-25/h9-13,17-18,28H,5-8,14-15H2,1-4H3,(H,29,30)(H,31,33)(H,32,34)/t17-,18-. The number of hydrogen-bond donors (Lipinski definition) is 4. The van der Waals surface area contributed by atoms with E-state index in [1.165, 1.54) is 0 Å². The highest BCUT2D eigenvalue weighted by molar-refractivity contribution is 6.29. The summed E-state index contributed by atoms with van der Waals surface area (Å²) < 4.78 is 5.34. The van der Waals surface area contributed by atoms with Crippen molar-refractivity contribution >= 4 is 34.4 Å². The molecule has 0 saturated heterocycles.